The van der Waals surface area contributed by atoms with E-state index in [0.29, 0.717) is 62.4 Å². The highest BCUT2D eigenvalue weighted by atomic mass is 19.4. The molecule has 2 aliphatic heterocycles. The number of amides is 1. The van der Waals surface area contributed by atoms with Crippen LogP contribution in [0.15, 0.2) is 36.4 Å². The Bertz CT molecular complexity index is 1040. The number of hydrogen-bond acceptors (Lipinski definition) is 6. The fraction of sp³-hybridized carbons (Fsp3) is 0.381. The molecule has 0 atom stereocenters. The van der Waals surface area contributed by atoms with Crippen molar-refractivity contribution in [3.8, 4) is 11.5 Å². The minimum absolute atomic E-state index is 0.119. The molecule has 0 aromatic heterocycles. The minimum atomic E-state index is -4.66. The van der Waals surface area contributed by atoms with Gasteiger partial charge in [-0.2, -0.15) is 13.2 Å². The van der Waals surface area contributed by atoms with Crippen LogP contribution in [0.25, 0.3) is 0 Å². The number of benzene rings is 2. The average molecular weight is 451 g/mol. The third-order valence-electron chi connectivity index (χ3n) is 5.52. The summed E-state index contributed by atoms with van der Waals surface area (Å²) in [5, 5.41) is 14.2. The first-order valence-corrected chi connectivity index (χ1v) is 10.0. The van der Waals surface area contributed by atoms with Crippen molar-refractivity contribution in [1.82, 2.24) is 0 Å². The van der Waals surface area contributed by atoms with E-state index in [1.165, 1.54) is 0 Å². The molecule has 8 nitrogen and oxygen atoms in total. The summed E-state index contributed by atoms with van der Waals surface area (Å²) < 4.78 is 49.7. The number of carbonyl (C=O) groups is 1. The molecule has 0 unspecified atom stereocenters. The Balaban J connectivity index is 1.41. The Kier molecular flexibility index (Phi) is 5.81. The van der Waals surface area contributed by atoms with Crippen LogP contribution in [0, 0.1) is 16.0 Å². The number of carbonyl (C=O) groups excluding carboxylic acids is 1. The van der Waals surface area contributed by atoms with Crippen LogP contribution in [0.4, 0.5) is 30.2 Å². The quantitative estimate of drug-likeness (QED) is 0.552. The first-order chi connectivity index (χ1) is 15.2. The molecule has 1 N–H and O–H groups in total. The molecule has 0 spiro atoms. The second-order valence-electron chi connectivity index (χ2n) is 7.57. The third kappa shape index (κ3) is 4.56. The van der Waals surface area contributed by atoms with Crippen molar-refractivity contribution >= 4 is 23.0 Å². The van der Waals surface area contributed by atoms with Gasteiger partial charge < -0.3 is 19.7 Å². The number of nitro benzene ring substituents is 1. The zero-order chi connectivity index (χ0) is 22.9. The van der Waals surface area contributed by atoms with Crippen molar-refractivity contribution in [1.29, 1.82) is 0 Å². The molecule has 11 heteroatoms. The van der Waals surface area contributed by atoms with Crippen LogP contribution in [0.2, 0.25) is 0 Å². The van der Waals surface area contributed by atoms with Gasteiger partial charge in [0.15, 0.2) is 11.5 Å². The summed E-state index contributed by atoms with van der Waals surface area (Å²) in [6.07, 6.45) is -3.84. The van der Waals surface area contributed by atoms with E-state index in [2.05, 4.69) is 5.32 Å². The molecule has 1 saturated heterocycles. The first-order valence-electron chi connectivity index (χ1n) is 10.0. The van der Waals surface area contributed by atoms with Crippen LogP contribution in [0.5, 0.6) is 11.5 Å². The van der Waals surface area contributed by atoms with Gasteiger partial charge in [-0.15, -0.1) is 0 Å². The molecule has 2 aromatic rings. The smallest absolute Gasteiger partial charge is 0.416 e. The topological polar surface area (TPSA) is 93.9 Å². The van der Waals surface area contributed by atoms with E-state index in [4.69, 9.17) is 9.47 Å². The van der Waals surface area contributed by atoms with Gasteiger partial charge in [-0.05, 0) is 37.1 Å². The van der Waals surface area contributed by atoms with Crippen molar-refractivity contribution in [2.24, 2.45) is 5.92 Å². The van der Waals surface area contributed by atoms with Gasteiger partial charge in [0.1, 0.15) is 18.9 Å². The zero-order valence-electron chi connectivity index (χ0n) is 16.9. The maximum absolute atomic E-state index is 12.9. The standard InChI is InChI=1S/C21H20F3N3O5/c22-21(23,24)14-1-3-16(17(11-14)27(29)30)26-7-5-13(6-8-26)20(28)25-15-2-4-18-19(12-15)32-10-9-31-18/h1-4,11-13H,5-10H2,(H,25,28). The highest BCUT2D eigenvalue weighted by Crippen LogP contribution is 2.38. The maximum Gasteiger partial charge on any atom is 0.416 e. The first kappa shape index (κ1) is 21.7. The minimum Gasteiger partial charge on any atom is -0.486 e. The molecule has 170 valence electrons. The number of anilines is 2. The zero-order valence-corrected chi connectivity index (χ0v) is 16.9. The van der Waals surface area contributed by atoms with Crippen molar-refractivity contribution < 1.29 is 32.4 Å². The lowest BCUT2D eigenvalue weighted by Crippen LogP contribution is -2.38. The molecule has 1 fully saturated rings. The molecule has 2 aromatic carbocycles. The summed E-state index contributed by atoms with van der Waals surface area (Å²) in [4.78, 5) is 24.9. The molecular formula is C21H20F3N3O5. The summed E-state index contributed by atoms with van der Waals surface area (Å²) in [6.45, 7) is 1.52. The number of nitrogens with zero attached hydrogens (tertiary/aromatic N) is 2. The van der Waals surface area contributed by atoms with E-state index < -0.39 is 22.4 Å². The largest absolute Gasteiger partial charge is 0.486 e. The second-order valence-corrected chi connectivity index (χ2v) is 7.57. The monoisotopic (exact) mass is 451 g/mol. The third-order valence-corrected chi connectivity index (χ3v) is 5.52. The lowest BCUT2D eigenvalue weighted by molar-refractivity contribution is -0.384. The normalized spacial score (nSPS) is 16.5. The number of alkyl halides is 3. The molecule has 0 saturated carbocycles. The van der Waals surface area contributed by atoms with Crippen LogP contribution < -0.4 is 19.7 Å². The number of hydrogen-bond donors (Lipinski definition) is 1. The Hall–Kier alpha value is -3.50. The van der Waals surface area contributed by atoms with E-state index in [0.717, 1.165) is 12.1 Å². The number of nitro groups is 1. The second kappa shape index (κ2) is 8.56. The van der Waals surface area contributed by atoms with Crippen molar-refractivity contribution in [2.75, 3.05) is 36.5 Å². The van der Waals surface area contributed by atoms with E-state index in [1.807, 2.05) is 0 Å². The van der Waals surface area contributed by atoms with Crippen LogP contribution in [-0.2, 0) is 11.0 Å². The van der Waals surface area contributed by atoms with E-state index in [1.54, 1.807) is 23.1 Å². The van der Waals surface area contributed by atoms with Crippen LogP contribution in [0.1, 0.15) is 18.4 Å². The number of piperidine rings is 1. The molecule has 0 aliphatic carbocycles. The van der Waals surface area contributed by atoms with Crippen molar-refractivity contribution in [2.45, 2.75) is 19.0 Å². The maximum atomic E-state index is 12.9. The summed E-state index contributed by atoms with van der Waals surface area (Å²) in [5.41, 5.74) is -0.977. The molecular weight excluding hydrogens is 431 g/mol. The summed E-state index contributed by atoms with van der Waals surface area (Å²) in [7, 11) is 0. The number of ether oxygens (including phenoxy) is 2. The van der Waals surface area contributed by atoms with Gasteiger partial charge in [0.25, 0.3) is 5.69 Å². The average Bonchev–Trinajstić information content (AvgIpc) is 2.78. The van der Waals surface area contributed by atoms with Crippen molar-refractivity contribution in [3.63, 3.8) is 0 Å². The molecule has 0 radical (unpaired) electrons. The van der Waals surface area contributed by atoms with Gasteiger partial charge in [-0.1, -0.05) is 0 Å². The van der Waals surface area contributed by atoms with Gasteiger partial charge in [-0.3, -0.25) is 14.9 Å². The molecule has 32 heavy (non-hydrogen) atoms. The number of rotatable bonds is 4. The van der Waals surface area contributed by atoms with Gasteiger partial charge >= 0.3 is 6.18 Å². The highest BCUT2D eigenvalue weighted by molar-refractivity contribution is 5.93. The van der Waals surface area contributed by atoms with Gasteiger partial charge in [0, 0.05) is 36.8 Å². The Morgan fingerprint density at radius 1 is 1.06 bits per heavy atom. The van der Waals surface area contributed by atoms with E-state index in [9.17, 15) is 28.1 Å². The highest BCUT2D eigenvalue weighted by Gasteiger charge is 2.35. The predicted octanol–water partition coefficient (Wildman–Crippen LogP) is 4.24. The molecule has 4 rings (SSSR count). The Labute approximate surface area is 181 Å². The van der Waals surface area contributed by atoms with Crippen LogP contribution >= 0.6 is 0 Å². The van der Waals surface area contributed by atoms with E-state index >= 15 is 0 Å². The van der Waals surface area contributed by atoms with Gasteiger partial charge in [0.05, 0.1) is 10.5 Å². The summed E-state index contributed by atoms with van der Waals surface area (Å²) in [6, 6.07) is 7.63. The summed E-state index contributed by atoms with van der Waals surface area (Å²) >= 11 is 0. The molecule has 0 bridgehead atoms. The lowest BCUT2D eigenvalue weighted by atomic mass is 9.95. The number of nitrogens with one attached hydrogen (secondary N) is 1. The molecule has 2 aliphatic rings. The Morgan fingerprint density at radius 2 is 1.75 bits per heavy atom. The van der Waals surface area contributed by atoms with Gasteiger partial charge in [-0.25, -0.2) is 0 Å². The predicted molar refractivity (Wildman–Crippen MR) is 109 cm³/mol. The SMILES string of the molecule is O=C(Nc1ccc2c(c1)OCCO2)C1CCN(c2ccc(C(F)(F)F)cc2[N+](=O)[O-])CC1. The lowest BCUT2D eigenvalue weighted by Gasteiger charge is -2.32. The van der Waals surface area contributed by atoms with Crippen LogP contribution in [-0.4, -0.2) is 37.1 Å². The fourth-order valence-corrected chi connectivity index (χ4v) is 3.86. The molecule has 1 amide bonds. The molecule has 2 heterocycles. The Morgan fingerprint density at radius 3 is 2.41 bits per heavy atom. The number of fused-ring (bicyclic) bond motifs is 1. The van der Waals surface area contributed by atoms with Crippen LogP contribution in [0.3, 0.4) is 0 Å². The summed E-state index contributed by atoms with van der Waals surface area (Å²) in [5.74, 6) is 0.648. The van der Waals surface area contributed by atoms with Crippen molar-refractivity contribution in [3.05, 3.63) is 52.1 Å². The number of halogens is 3. The van der Waals surface area contributed by atoms with E-state index in [-0.39, 0.29) is 17.5 Å². The fourth-order valence-electron chi connectivity index (χ4n) is 3.86. The van der Waals surface area contributed by atoms with Gasteiger partial charge in [0.2, 0.25) is 5.91 Å².